The lowest BCUT2D eigenvalue weighted by molar-refractivity contribution is -0.131. The molecule has 140 valence electrons. The van der Waals surface area contributed by atoms with E-state index in [-0.39, 0.29) is 11.7 Å². The molecule has 2 aromatic carbocycles. The van der Waals surface area contributed by atoms with Crippen molar-refractivity contribution in [3.05, 3.63) is 65.7 Å². The Balaban J connectivity index is 1.85. The summed E-state index contributed by atoms with van der Waals surface area (Å²) in [5, 5.41) is 14.0. The van der Waals surface area contributed by atoms with Crippen LogP contribution in [-0.2, 0) is 14.4 Å². The van der Waals surface area contributed by atoms with Crippen LogP contribution in [0.4, 0.5) is 11.4 Å². The number of carbonyl (C=O) groups excluding carboxylic acids is 2. The molecule has 27 heavy (non-hydrogen) atoms. The molecule has 0 aliphatic carbocycles. The van der Waals surface area contributed by atoms with E-state index in [1.807, 2.05) is 32.0 Å². The predicted molar refractivity (Wildman–Crippen MR) is 107 cm³/mol. The van der Waals surface area contributed by atoms with Gasteiger partial charge >= 0.3 is 5.97 Å². The van der Waals surface area contributed by atoms with Gasteiger partial charge in [-0.25, -0.2) is 4.79 Å². The quantitative estimate of drug-likeness (QED) is 0.501. The maximum Gasteiger partial charge on any atom is 0.328 e. The molecule has 0 heterocycles. The minimum atomic E-state index is -1.18. The number of hydrogen-bond acceptors (Lipinski definition) is 4. The monoisotopic (exact) mass is 384 g/mol. The minimum absolute atomic E-state index is 0.0927. The van der Waals surface area contributed by atoms with Crippen molar-refractivity contribution in [2.24, 2.45) is 0 Å². The normalized spacial score (nSPS) is 10.6. The van der Waals surface area contributed by atoms with E-state index < -0.39 is 11.9 Å². The highest BCUT2D eigenvalue weighted by atomic mass is 32.2. The Hall–Kier alpha value is -3.06. The molecule has 0 fully saturated rings. The molecular formula is C20H20N2O4S. The first-order valence-corrected chi connectivity index (χ1v) is 9.14. The van der Waals surface area contributed by atoms with E-state index in [0.29, 0.717) is 5.69 Å². The third kappa shape index (κ3) is 6.99. The van der Waals surface area contributed by atoms with Gasteiger partial charge < -0.3 is 15.7 Å². The summed E-state index contributed by atoms with van der Waals surface area (Å²) in [5.41, 5.74) is 3.45. The first kappa shape index (κ1) is 20.3. The molecule has 2 aromatic rings. The smallest absolute Gasteiger partial charge is 0.328 e. The topological polar surface area (TPSA) is 95.5 Å². The number of aryl methyl sites for hydroxylation is 2. The van der Waals surface area contributed by atoms with Crippen LogP contribution in [0.1, 0.15) is 11.1 Å². The Morgan fingerprint density at radius 3 is 2.37 bits per heavy atom. The number of rotatable bonds is 7. The Labute approximate surface area is 161 Å². The van der Waals surface area contributed by atoms with Crippen molar-refractivity contribution >= 4 is 40.9 Å². The molecular weight excluding hydrogens is 364 g/mol. The molecule has 0 unspecified atom stereocenters. The summed E-state index contributed by atoms with van der Waals surface area (Å²) < 4.78 is 0. The zero-order valence-electron chi connectivity index (χ0n) is 15.0. The maximum absolute atomic E-state index is 12.1. The fraction of sp³-hybridized carbons (Fsp3) is 0.150. The second-order valence-corrected chi connectivity index (χ2v) is 6.89. The average Bonchev–Trinajstić information content (AvgIpc) is 2.62. The van der Waals surface area contributed by atoms with Crippen molar-refractivity contribution < 1.29 is 19.5 Å². The number of nitrogens with one attached hydrogen (secondary N) is 2. The van der Waals surface area contributed by atoms with Crippen molar-refractivity contribution in [1.82, 2.24) is 0 Å². The van der Waals surface area contributed by atoms with E-state index in [4.69, 9.17) is 5.11 Å². The third-order valence-corrected chi connectivity index (χ3v) is 4.55. The number of hydrogen-bond donors (Lipinski definition) is 3. The van der Waals surface area contributed by atoms with E-state index in [9.17, 15) is 14.4 Å². The van der Waals surface area contributed by atoms with Crippen LogP contribution in [0.3, 0.4) is 0 Å². The number of aliphatic carboxylic acids is 1. The van der Waals surface area contributed by atoms with Crippen LogP contribution in [0.25, 0.3) is 0 Å². The molecule has 7 heteroatoms. The van der Waals surface area contributed by atoms with Crippen molar-refractivity contribution in [3.8, 4) is 0 Å². The number of carbonyl (C=O) groups is 3. The molecule has 0 aliphatic rings. The number of amides is 2. The molecule has 3 N–H and O–H groups in total. The van der Waals surface area contributed by atoms with Gasteiger partial charge in [0.15, 0.2) is 0 Å². The molecule has 0 saturated carbocycles. The standard InChI is InChI=1S/C20H20N2O4S/c1-13-3-4-14(2)17(11-13)22-19(24)12-27-16-7-5-15(6-8-16)21-18(23)9-10-20(25)26/h3-11H,12H2,1-2H3,(H,21,23)(H,22,24)(H,25,26)/b10-9+. The summed E-state index contributed by atoms with van der Waals surface area (Å²) in [5.74, 6) is -1.54. The van der Waals surface area contributed by atoms with Crippen molar-refractivity contribution in [1.29, 1.82) is 0 Å². The van der Waals surface area contributed by atoms with Crippen LogP contribution < -0.4 is 10.6 Å². The van der Waals surface area contributed by atoms with Crippen molar-refractivity contribution in [3.63, 3.8) is 0 Å². The van der Waals surface area contributed by atoms with Gasteiger partial charge in [-0.2, -0.15) is 0 Å². The number of carboxylic acid groups (broad SMARTS) is 1. The summed E-state index contributed by atoms with van der Waals surface area (Å²) in [7, 11) is 0. The summed E-state index contributed by atoms with van der Waals surface area (Å²) >= 11 is 1.38. The fourth-order valence-corrected chi connectivity index (χ4v) is 2.87. The van der Waals surface area contributed by atoms with E-state index in [1.54, 1.807) is 24.3 Å². The molecule has 0 radical (unpaired) electrons. The highest BCUT2D eigenvalue weighted by molar-refractivity contribution is 8.00. The maximum atomic E-state index is 12.1. The second kappa shape index (κ2) is 9.59. The zero-order chi connectivity index (χ0) is 19.8. The lowest BCUT2D eigenvalue weighted by Gasteiger charge is -2.09. The van der Waals surface area contributed by atoms with E-state index in [1.165, 1.54) is 11.8 Å². The third-order valence-electron chi connectivity index (χ3n) is 3.54. The Kier molecular flexibility index (Phi) is 7.19. The lowest BCUT2D eigenvalue weighted by Crippen LogP contribution is -2.14. The van der Waals surface area contributed by atoms with Gasteiger partial charge in [0.1, 0.15) is 0 Å². The van der Waals surface area contributed by atoms with E-state index in [2.05, 4.69) is 10.6 Å². The number of benzene rings is 2. The lowest BCUT2D eigenvalue weighted by atomic mass is 10.1. The van der Waals surface area contributed by atoms with Gasteiger partial charge in [-0.1, -0.05) is 12.1 Å². The molecule has 0 spiro atoms. The minimum Gasteiger partial charge on any atom is -0.478 e. The molecule has 0 aliphatic heterocycles. The van der Waals surface area contributed by atoms with Gasteiger partial charge in [-0.15, -0.1) is 11.8 Å². The van der Waals surface area contributed by atoms with Gasteiger partial charge in [-0.05, 0) is 55.3 Å². The van der Waals surface area contributed by atoms with Gasteiger partial charge in [0.25, 0.3) is 0 Å². The van der Waals surface area contributed by atoms with Crippen LogP contribution >= 0.6 is 11.8 Å². The molecule has 6 nitrogen and oxygen atoms in total. The van der Waals surface area contributed by atoms with E-state index in [0.717, 1.165) is 33.9 Å². The van der Waals surface area contributed by atoms with Gasteiger partial charge in [0, 0.05) is 28.4 Å². The van der Waals surface area contributed by atoms with Gasteiger partial charge in [-0.3, -0.25) is 9.59 Å². The highest BCUT2D eigenvalue weighted by Crippen LogP contribution is 2.22. The number of carboxylic acids is 1. The van der Waals surface area contributed by atoms with Crippen LogP contribution in [0, 0.1) is 13.8 Å². The molecule has 0 aromatic heterocycles. The summed E-state index contributed by atoms with van der Waals surface area (Å²) in [6.07, 6.45) is 1.72. The summed E-state index contributed by atoms with van der Waals surface area (Å²) in [4.78, 5) is 34.9. The van der Waals surface area contributed by atoms with Gasteiger partial charge in [0.05, 0.1) is 5.75 Å². The van der Waals surface area contributed by atoms with Crippen LogP contribution in [0.15, 0.2) is 59.5 Å². The highest BCUT2D eigenvalue weighted by Gasteiger charge is 2.07. The largest absolute Gasteiger partial charge is 0.478 e. The van der Waals surface area contributed by atoms with E-state index >= 15 is 0 Å². The first-order chi connectivity index (χ1) is 12.8. The van der Waals surface area contributed by atoms with Crippen molar-refractivity contribution in [2.75, 3.05) is 16.4 Å². The average molecular weight is 384 g/mol. The fourth-order valence-electron chi connectivity index (χ4n) is 2.17. The van der Waals surface area contributed by atoms with Crippen LogP contribution in [-0.4, -0.2) is 28.6 Å². The van der Waals surface area contributed by atoms with Crippen LogP contribution in [0.2, 0.25) is 0 Å². The zero-order valence-corrected chi connectivity index (χ0v) is 15.8. The molecule has 0 bridgehead atoms. The molecule has 0 saturated heterocycles. The summed E-state index contributed by atoms with van der Waals surface area (Å²) in [6.45, 7) is 3.92. The number of thioether (sulfide) groups is 1. The number of anilines is 2. The first-order valence-electron chi connectivity index (χ1n) is 8.15. The second-order valence-electron chi connectivity index (χ2n) is 5.84. The Morgan fingerprint density at radius 1 is 1.00 bits per heavy atom. The molecule has 2 rings (SSSR count). The molecule has 2 amide bonds. The SMILES string of the molecule is Cc1ccc(C)c(NC(=O)CSc2ccc(NC(=O)/C=C/C(=O)O)cc2)c1. The van der Waals surface area contributed by atoms with Crippen LogP contribution in [0.5, 0.6) is 0 Å². The van der Waals surface area contributed by atoms with Gasteiger partial charge in [0.2, 0.25) is 11.8 Å². The Bertz CT molecular complexity index is 876. The van der Waals surface area contributed by atoms with Crippen molar-refractivity contribution in [2.45, 2.75) is 18.7 Å². The predicted octanol–water partition coefficient (Wildman–Crippen LogP) is 3.61. The molecule has 0 atom stereocenters. The Morgan fingerprint density at radius 2 is 1.70 bits per heavy atom. The summed E-state index contributed by atoms with van der Waals surface area (Å²) in [6, 6.07) is 12.9.